The van der Waals surface area contributed by atoms with Gasteiger partial charge < -0.3 is 19.2 Å². The number of nitrogens with zero attached hydrogens (tertiary/aromatic N) is 4. The number of likely N-dealkylation sites (tertiary alicyclic amines) is 1. The number of carbonyl (C=O) groups is 3. The van der Waals surface area contributed by atoms with Gasteiger partial charge in [0.2, 0.25) is 17.7 Å². The third-order valence-electron chi connectivity index (χ3n) is 7.08. The molecule has 3 amide bonds. The Morgan fingerprint density at radius 2 is 1.93 bits per heavy atom. The van der Waals surface area contributed by atoms with Crippen LogP contribution in [0.2, 0.25) is 0 Å². The normalized spacial score (nSPS) is 30.6. The molecule has 8 nitrogen and oxygen atoms in total. The molecule has 4 aliphatic heterocycles. The van der Waals surface area contributed by atoms with E-state index in [0.717, 1.165) is 25.0 Å². The zero-order valence-corrected chi connectivity index (χ0v) is 17.3. The zero-order valence-electron chi connectivity index (χ0n) is 17.3. The summed E-state index contributed by atoms with van der Waals surface area (Å²) in [6.07, 6.45) is 7.36. The van der Waals surface area contributed by atoms with Crippen molar-refractivity contribution in [1.82, 2.24) is 19.9 Å². The van der Waals surface area contributed by atoms with E-state index in [1.807, 2.05) is 33.8 Å². The molecule has 0 spiro atoms. The Morgan fingerprint density at radius 1 is 1.17 bits per heavy atom. The highest BCUT2D eigenvalue weighted by Crippen LogP contribution is 2.42. The first kappa shape index (κ1) is 19.3. The van der Waals surface area contributed by atoms with Gasteiger partial charge in [-0.2, -0.15) is 0 Å². The van der Waals surface area contributed by atoms with Crippen LogP contribution >= 0.6 is 0 Å². The second kappa shape index (κ2) is 7.56. The SMILES string of the molecule is Cc1cc(CC(=O)N2C[C@H]3C[C@@H](C2)[C@H](C(=O)N2CC=CC2)N2C(=O)CCC[C@@H]32)on1. The Hall–Kier alpha value is -2.64. The van der Waals surface area contributed by atoms with Crippen molar-refractivity contribution in [2.45, 2.75) is 51.1 Å². The predicted molar refractivity (Wildman–Crippen MR) is 107 cm³/mol. The molecule has 4 atom stereocenters. The van der Waals surface area contributed by atoms with Crippen molar-refractivity contribution in [3.8, 4) is 0 Å². The highest BCUT2D eigenvalue weighted by molar-refractivity contribution is 5.89. The summed E-state index contributed by atoms with van der Waals surface area (Å²) in [4.78, 5) is 45.0. The van der Waals surface area contributed by atoms with Gasteiger partial charge in [0, 0.05) is 50.6 Å². The van der Waals surface area contributed by atoms with E-state index in [9.17, 15) is 14.4 Å². The van der Waals surface area contributed by atoms with Crippen LogP contribution in [0.5, 0.6) is 0 Å². The van der Waals surface area contributed by atoms with Crippen molar-refractivity contribution in [2.75, 3.05) is 26.2 Å². The Kier molecular flexibility index (Phi) is 4.87. The van der Waals surface area contributed by atoms with Gasteiger partial charge in [0.25, 0.3) is 0 Å². The van der Waals surface area contributed by atoms with E-state index >= 15 is 0 Å². The van der Waals surface area contributed by atoms with E-state index in [1.165, 1.54) is 0 Å². The summed E-state index contributed by atoms with van der Waals surface area (Å²) in [5, 5.41) is 3.87. The molecule has 0 aromatic carbocycles. The molecular formula is C22H28N4O4. The highest BCUT2D eigenvalue weighted by atomic mass is 16.5. The zero-order chi connectivity index (χ0) is 20.8. The van der Waals surface area contributed by atoms with Crippen LogP contribution in [0.1, 0.15) is 37.1 Å². The van der Waals surface area contributed by atoms with Crippen molar-refractivity contribution in [3.05, 3.63) is 29.7 Å². The molecule has 30 heavy (non-hydrogen) atoms. The molecule has 3 saturated heterocycles. The van der Waals surface area contributed by atoms with E-state index in [1.54, 1.807) is 6.07 Å². The van der Waals surface area contributed by atoms with E-state index in [2.05, 4.69) is 5.16 Å². The first-order chi connectivity index (χ1) is 14.5. The molecule has 4 aliphatic rings. The van der Waals surface area contributed by atoms with Crippen LogP contribution in [0, 0.1) is 18.8 Å². The Bertz CT molecular complexity index is 885. The molecule has 2 bridgehead atoms. The Labute approximate surface area is 175 Å². The molecule has 0 unspecified atom stereocenters. The topological polar surface area (TPSA) is 87.0 Å². The lowest BCUT2D eigenvalue weighted by Gasteiger charge is -2.56. The quantitative estimate of drug-likeness (QED) is 0.695. The summed E-state index contributed by atoms with van der Waals surface area (Å²) < 4.78 is 5.23. The fraction of sp³-hybridized carbons (Fsp3) is 0.636. The lowest BCUT2D eigenvalue weighted by Crippen LogP contribution is -2.68. The number of fused-ring (bicyclic) bond motifs is 4. The van der Waals surface area contributed by atoms with Gasteiger partial charge in [-0.15, -0.1) is 0 Å². The molecule has 1 aromatic rings. The summed E-state index contributed by atoms with van der Waals surface area (Å²) in [6, 6.07) is 1.38. The van der Waals surface area contributed by atoms with Crippen molar-refractivity contribution in [3.63, 3.8) is 0 Å². The van der Waals surface area contributed by atoms with Gasteiger partial charge in [0.15, 0.2) is 0 Å². The number of hydrogen-bond acceptors (Lipinski definition) is 5. The number of aromatic nitrogens is 1. The van der Waals surface area contributed by atoms with Crippen molar-refractivity contribution in [2.24, 2.45) is 11.8 Å². The molecule has 160 valence electrons. The third-order valence-corrected chi connectivity index (χ3v) is 7.08. The fourth-order valence-electron chi connectivity index (χ4n) is 5.78. The summed E-state index contributed by atoms with van der Waals surface area (Å²) in [6.45, 7) is 4.19. The van der Waals surface area contributed by atoms with Gasteiger partial charge in [0.1, 0.15) is 11.8 Å². The second-order valence-electron chi connectivity index (χ2n) is 9.09. The van der Waals surface area contributed by atoms with Crippen LogP contribution in [-0.2, 0) is 20.8 Å². The minimum absolute atomic E-state index is 0.00507. The summed E-state index contributed by atoms with van der Waals surface area (Å²) in [5.74, 6) is 0.917. The minimum atomic E-state index is -0.456. The molecule has 5 rings (SSSR count). The molecule has 0 radical (unpaired) electrons. The van der Waals surface area contributed by atoms with E-state index in [-0.39, 0.29) is 42.0 Å². The van der Waals surface area contributed by atoms with Crippen LogP contribution in [0.3, 0.4) is 0 Å². The number of aryl methyl sites for hydroxylation is 1. The summed E-state index contributed by atoms with van der Waals surface area (Å²) in [5.41, 5.74) is 0.759. The first-order valence-corrected chi connectivity index (χ1v) is 11.0. The van der Waals surface area contributed by atoms with Gasteiger partial charge in [-0.3, -0.25) is 14.4 Å². The second-order valence-corrected chi connectivity index (χ2v) is 9.09. The van der Waals surface area contributed by atoms with Crippen LogP contribution in [0.15, 0.2) is 22.7 Å². The molecule has 0 N–H and O–H groups in total. The average molecular weight is 412 g/mol. The monoisotopic (exact) mass is 412 g/mol. The van der Waals surface area contributed by atoms with Gasteiger partial charge in [-0.1, -0.05) is 17.3 Å². The lowest BCUT2D eigenvalue weighted by molar-refractivity contribution is -0.166. The highest BCUT2D eigenvalue weighted by Gasteiger charge is 2.53. The fourth-order valence-corrected chi connectivity index (χ4v) is 5.78. The number of carbonyl (C=O) groups excluding carboxylic acids is 3. The molecule has 1 aromatic heterocycles. The van der Waals surface area contributed by atoms with Gasteiger partial charge >= 0.3 is 0 Å². The maximum absolute atomic E-state index is 13.4. The summed E-state index contributed by atoms with van der Waals surface area (Å²) >= 11 is 0. The molecular weight excluding hydrogens is 384 g/mol. The average Bonchev–Trinajstić information content (AvgIpc) is 3.40. The number of rotatable bonds is 3. The minimum Gasteiger partial charge on any atom is -0.361 e. The van der Waals surface area contributed by atoms with Crippen LogP contribution < -0.4 is 0 Å². The Balaban J connectivity index is 1.39. The van der Waals surface area contributed by atoms with E-state index in [4.69, 9.17) is 4.52 Å². The Morgan fingerprint density at radius 3 is 2.67 bits per heavy atom. The van der Waals surface area contributed by atoms with E-state index in [0.29, 0.717) is 38.4 Å². The largest absolute Gasteiger partial charge is 0.361 e. The maximum atomic E-state index is 13.4. The molecule has 3 fully saturated rings. The van der Waals surface area contributed by atoms with Crippen molar-refractivity contribution >= 4 is 17.7 Å². The third kappa shape index (κ3) is 3.32. The molecule has 5 heterocycles. The number of amides is 3. The maximum Gasteiger partial charge on any atom is 0.246 e. The molecule has 0 saturated carbocycles. The lowest BCUT2D eigenvalue weighted by atomic mass is 9.71. The van der Waals surface area contributed by atoms with Crippen LogP contribution in [0.25, 0.3) is 0 Å². The van der Waals surface area contributed by atoms with Crippen LogP contribution in [-0.4, -0.2) is 75.8 Å². The van der Waals surface area contributed by atoms with Gasteiger partial charge in [0.05, 0.1) is 12.1 Å². The number of hydrogen-bond donors (Lipinski definition) is 0. The first-order valence-electron chi connectivity index (χ1n) is 11.0. The van der Waals surface area contributed by atoms with E-state index < -0.39 is 6.04 Å². The summed E-state index contributed by atoms with van der Waals surface area (Å²) in [7, 11) is 0. The van der Waals surface area contributed by atoms with Crippen LogP contribution in [0.4, 0.5) is 0 Å². The number of piperidine rings is 3. The smallest absolute Gasteiger partial charge is 0.246 e. The molecule has 0 aliphatic carbocycles. The predicted octanol–water partition coefficient (Wildman–Crippen LogP) is 1.15. The van der Waals surface area contributed by atoms with Crippen molar-refractivity contribution < 1.29 is 18.9 Å². The van der Waals surface area contributed by atoms with Gasteiger partial charge in [-0.25, -0.2) is 0 Å². The van der Waals surface area contributed by atoms with Crippen molar-refractivity contribution in [1.29, 1.82) is 0 Å². The molecule has 8 heteroatoms. The van der Waals surface area contributed by atoms with Gasteiger partial charge in [-0.05, 0) is 32.1 Å². The standard InChI is InChI=1S/C22H28N4O4/c1-14-9-17(30-23-14)11-20(28)25-12-15-10-16(13-25)21(22(29)24-7-2-3-8-24)26-18(15)5-4-6-19(26)27/h2-3,9,15-16,18,21H,4-8,10-13H2,1H3/t15-,16+,18+,21-/m1/s1.